The zero-order valence-corrected chi connectivity index (χ0v) is 13.3. The molecule has 6 nitrogen and oxygen atoms in total. The molecule has 0 saturated heterocycles. The molecule has 0 fully saturated rings. The fourth-order valence-electron chi connectivity index (χ4n) is 2.10. The quantitative estimate of drug-likeness (QED) is 0.811. The summed E-state index contributed by atoms with van der Waals surface area (Å²) in [6.07, 6.45) is 0.798. The second-order valence-corrected chi connectivity index (χ2v) is 6.02. The molecule has 0 aliphatic heterocycles. The van der Waals surface area contributed by atoms with Gasteiger partial charge in [-0.3, -0.25) is 9.36 Å². The Morgan fingerprint density at radius 2 is 1.96 bits per heavy atom. The van der Waals surface area contributed by atoms with E-state index < -0.39 is 17.7 Å². The van der Waals surface area contributed by atoms with E-state index in [1.807, 2.05) is 18.2 Å². The molecule has 2 aromatic rings. The number of benzene rings is 1. The molecule has 0 spiro atoms. The van der Waals surface area contributed by atoms with E-state index in [0.29, 0.717) is 11.1 Å². The normalized spacial score (nSPS) is 11.0. The molecule has 0 bridgehead atoms. The van der Waals surface area contributed by atoms with Gasteiger partial charge in [0.25, 0.3) is 0 Å². The number of carbonyl (C=O) groups excluding carboxylic acids is 2. The fourth-order valence-corrected chi connectivity index (χ4v) is 2.10. The monoisotopic (exact) mass is 314 g/mol. The summed E-state index contributed by atoms with van der Waals surface area (Å²) >= 11 is 0. The van der Waals surface area contributed by atoms with Crippen molar-refractivity contribution < 1.29 is 19.1 Å². The second kappa shape index (κ2) is 6.53. The third kappa shape index (κ3) is 4.10. The van der Waals surface area contributed by atoms with Crippen LogP contribution < -0.4 is 0 Å². The van der Waals surface area contributed by atoms with Gasteiger partial charge in [-0.05, 0) is 26.8 Å². The number of nitrogens with zero attached hydrogens (tertiary/aromatic N) is 2. The molecule has 0 aliphatic carbocycles. The van der Waals surface area contributed by atoms with Crippen molar-refractivity contribution in [2.75, 3.05) is 0 Å². The van der Waals surface area contributed by atoms with E-state index in [1.54, 1.807) is 39.1 Å². The molecule has 2 rings (SSSR count). The second-order valence-electron chi connectivity index (χ2n) is 6.02. The average Bonchev–Trinajstić information content (AvgIpc) is 2.83. The highest BCUT2D eigenvalue weighted by molar-refractivity contribution is 5.92. The highest BCUT2D eigenvalue weighted by Gasteiger charge is 2.20. The van der Waals surface area contributed by atoms with Gasteiger partial charge in [0, 0.05) is 17.1 Å². The first-order valence-corrected chi connectivity index (χ1v) is 7.17. The van der Waals surface area contributed by atoms with Crippen LogP contribution in [0.15, 0.2) is 30.5 Å². The molecular weight excluding hydrogens is 296 g/mol. The summed E-state index contributed by atoms with van der Waals surface area (Å²) in [5.74, 6) is -0.596. The van der Waals surface area contributed by atoms with Crippen molar-refractivity contribution in [3.8, 4) is 6.07 Å². The standard InChI is InChI=1S/C17H18N2O4/c1-17(2,3)23-16(21)19-10-12(11-22-15(20)8-9-18)13-6-4-5-7-14(13)19/h4-7,10H,8,11H2,1-3H3. The minimum Gasteiger partial charge on any atom is -0.460 e. The molecule has 6 heteroatoms. The Kier molecular flexibility index (Phi) is 4.70. The smallest absolute Gasteiger partial charge is 0.419 e. The first-order chi connectivity index (χ1) is 10.8. The van der Waals surface area contributed by atoms with Gasteiger partial charge >= 0.3 is 12.1 Å². The molecule has 120 valence electrons. The largest absolute Gasteiger partial charge is 0.460 e. The van der Waals surface area contributed by atoms with Gasteiger partial charge in [-0.1, -0.05) is 18.2 Å². The molecule has 0 atom stereocenters. The number of hydrogen-bond acceptors (Lipinski definition) is 5. The first kappa shape index (κ1) is 16.6. The number of aromatic nitrogens is 1. The van der Waals surface area contributed by atoms with Gasteiger partial charge in [0.15, 0.2) is 0 Å². The number of fused-ring (bicyclic) bond motifs is 1. The predicted octanol–water partition coefficient (Wildman–Crippen LogP) is 3.38. The van der Waals surface area contributed by atoms with E-state index in [-0.39, 0.29) is 13.0 Å². The number of hydrogen-bond donors (Lipinski definition) is 0. The molecule has 0 radical (unpaired) electrons. The van der Waals surface area contributed by atoms with E-state index >= 15 is 0 Å². The zero-order valence-electron chi connectivity index (χ0n) is 13.3. The number of rotatable bonds is 3. The summed E-state index contributed by atoms with van der Waals surface area (Å²) < 4.78 is 11.8. The molecule has 1 aromatic carbocycles. The minimum atomic E-state index is -0.609. The summed E-state index contributed by atoms with van der Waals surface area (Å²) in [5, 5.41) is 9.27. The van der Waals surface area contributed by atoms with Gasteiger partial charge < -0.3 is 9.47 Å². The van der Waals surface area contributed by atoms with E-state index in [4.69, 9.17) is 14.7 Å². The average molecular weight is 314 g/mol. The topological polar surface area (TPSA) is 81.3 Å². The molecule has 1 heterocycles. The van der Waals surface area contributed by atoms with Crippen LogP contribution in [0, 0.1) is 11.3 Å². The van der Waals surface area contributed by atoms with Crippen LogP contribution in [0.2, 0.25) is 0 Å². The van der Waals surface area contributed by atoms with E-state index in [0.717, 1.165) is 5.39 Å². The highest BCUT2D eigenvalue weighted by atomic mass is 16.6. The minimum absolute atomic E-state index is 0.00315. The summed E-state index contributed by atoms with van der Waals surface area (Å²) in [6, 6.07) is 9.01. The Hall–Kier alpha value is -2.81. The third-order valence-electron chi connectivity index (χ3n) is 3.00. The van der Waals surface area contributed by atoms with Gasteiger partial charge in [0.1, 0.15) is 18.6 Å². The lowest BCUT2D eigenvalue weighted by Crippen LogP contribution is -2.26. The van der Waals surface area contributed by atoms with Crippen molar-refractivity contribution in [1.29, 1.82) is 5.26 Å². The van der Waals surface area contributed by atoms with Crippen molar-refractivity contribution in [2.24, 2.45) is 0 Å². The molecule has 0 N–H and O–H groups in total. The maximum absolute atomic E-state index is 12.3. The Bertz CT molecular complexity index is 778. The maximum atomic E-state index is 12.3. The van der Waals surface area contributed by atoms with Crippen molar-refractivity contribution in [3.05, 3.63) is 36.0 Å². The molecule has 0 amide bonds. The number of carbonyl (C=O) groups is 2. The zero-order chi connectivity index (χ0) is 17.0. The summed E-state index contributed by atoms with van der Waals surface area (Å²) in [6.45, 7) is 5.38. The lowest BCUT2D eigenvalue weighted by atomic mass is 10.2. The lowest BCUT2D eigenvalue weighted by Gasteiger charge is -2.19. The van der Waals surface area contributed by atoms with Crippen LogP contribution in [0.3, 0.4) is 0 Å². The Morgan fingerprint density at radius 3 is 2.61 bits per heavy atom. The number of nitriles is 1. The Balaban J connectivity index is 2.31. The van der Waals surface area contributed by atoms with Crippen molar-refractivity contribution >= 4 is 23.0 Å². The van der Waals surface area contributed by atoms with Crippen LogP contribution in [-0.2, 0) is 20.9 Å². The highest BCUT2D eigenvalue weighted by Crippen LogP contribution is 2.23. The third-order valence-corrected chi connectivity index (χ3v) is 3.00. The van der Waals surface area contributed by atoms with Gasteiger partial charge in [-0.2, -0.15) is 5.26 Å². The first-order valence-electron chi connectivity index (χ1n) is 7.17. The van der Waals surface area contributed by atoms with Crippen molar-refractivity contribution in [1.82, 2.24) is 4.57 Å². The molecule has 0 unspecified atom stereocenters. The SMILES string of the molecule is CC(C)(C)OC(=O)n1cc(COC(=O)CC#N)c2ccccc21. The van der Waals surface area contributed by atoms with Crippen LogP contribution in [0.1, 0.15) is 32.8 Å². The maximum Gasteiger partial charge on any atom is 0.419 e. The fraction of sp³-hybridized carbons (Fsp3) is 0.353. The van der Waals surface area contributed by atoms with E-state index in [2.05, 4.69) is 0 Å². The van der Waals surface area contributed by atoms with Crippen molar-refractivity contribution in [3.63, 3.8) is 0 Å². The Morgan fingerprint density at radius 1 is 1.26 bits per heavy atom. The summed E-state index contributed by atoms with van der Waals surface area (Å²) in [5.41, 5.74) is 0.743. The van der Waals surface area contributed by atoms with E-state index in [1.165, 1.54) is 4.57 Å². The van der Waals surface area contributed by atoms with Crippen LogP contribution in [0.4, 0.5) is 4.79 Å². The molecule has 23 heavy (non-hydrogen) atoms. The van der Waals surface area contributed by atoms with Crippen molar-refractivity contribution in [2.45, 2.75) is 39.4 Å². The van der Waals surface area contributed by atoms with Crippen LogP contribution in [0.5, 0.6) is 0 Å². The molecule has 1 aromatic heterocycles. The summed E-state index contributed by atoms with van der Waals surface area (Å²) in [7, 11) is 0. The number of esters is 1. The molecular formula is C17H18N2O4. The van der Waals surface area contributed by atoms with Crippen LogP contribution in [-0.4, -0.2) is 22.2 Å². The van der Waals surface area contributed by atoms with Crippen LogP contribution >= 0.6 is 0 Å². The predicted molar refractivity (Wildman–Crippen MR) is 83.6 cm³/mol. The van der Waals surface area contributed by atoms with Gasteiger partial charge in [0.05, 0.1) is 11.6 Å². The number of ether oxygens (including phenoxy) is 2. The summed E-state index contributed by atoms with van der Waals surface area (Å²) in [4.78, 5) is 23.7. The molecule has 0 aliphatic rings. The number of para-hydroxylation sites is 1. The lowest BCUT2D eigenvalue weighted by molar-refractivity contribution is -0.143. The van der Waals surface area contributed by atoms with Gasteiger partial charge in [-0.15, -0.1) is 0 Å². The van der Waals surface area contributed by atoms with Gasteiger partial charge in [-0.25, -0.2) is 4.79 Å². The molecule has 0 saturated carbocycles. The van der Waals surface area contributed by atoms with Crippen LogP contribution in [0.25, 0.3) is 10.9 Å². The Labute approximate surface area is 134 Å². The van der Waals surface area contributed by atoms with Gasteiger partial charge in [0.2, 0.25) is 0 Å². The van der Waals surface area contributed by atoms with E-state index in [9.17, 15) is 9.59 Å².